The predicted molar refractivity (Wildman–Crippen MR) is 118 cm³/mol. The third kappa shape index (κ3) is 3.03. The number of hydrogen-bond acceptors (Lipinski definition) is 3. The van der Waals surface area contributed by atoms with Crippen LogP contribution in [0.1, 0.15) is 32.2 Å². The summed E-state index contributed by atoms with van der Waals surface area (Å²) < 4.78 is 1.94. The van der Waals surface area contributed by atoms with Gasteiger partial charge in [-0.05, 0) is 42.8 Å². The number of benzene rings is 2. The summed E-state index contributed by atoms with van der Waals surface area (Å²) in [6.45, 7) is 8.00. The third-order valence-electron chi connectivity index (χ3n) is 5.60. The van der Waals surface area contributed by atoms with E-state index in [1.807, 2.05) is 60.9 Å². The van der Waals surface area contributed by atoms with Gasteiger partial charge in [0.25, 0.3) is 0 Å². The fourth-order valence-corrected chi connectivity index (χ4v) is 4.03. The van der Waals surface area contributed by atoms with Crippen LogP contribution in [0.25, 0.3) is 21.7 Å². The smallest absolute Gasteiger partial charge is 0.204 e. The topological polar surface area (TPSA) is 78.7 Å². The van der Waals surface area contributed by atoms with Gasteiger partial charge in [-0.2, -0.15) is 5.26 Å². The molecule has 0 spiro atoms. The number of nitrogens with one attached hydrogen (secondary N) is 1. The molecule has 0 saturated heterocycles. The molecule has 5 nitrogen and oxygen atoms in total. The van der Waals surface area contributed by atoms with Crippen LogP contribution in [0.4, 0.5) is 0 Å². The van der Waals surface area contributed by atoms with Crippen LogP contribution in [0.5, 0.6) is 0 Å². The van der Waals surface area contributed by atoms with Gasteiger partial charge < -0.3 is 9.55 Å². The fraction of sp³-hybridized carbons (Fsp3) is 0.160. The first-order valence-corrected chi connectivity index (χ1v) is 9.72. The molecule has 0 aliphatic heterocycles. The average molecular weight is 395 g/mol. The van der Waals surface area contributed by atoms with Crippen LogP contribution >= 0.6 is 0 Å². The summed E-state index contributed by atoms with van der Waals surface area (Å²) in [5, 5.41) is 12.6. The van der Waals surface area contributed by atoms with Crippen molar-refractivity contribution in [2.45, 2.75) is 20.4 Å². The van der Waals surface area contributed by atoms with E-state index in [2.05, 4.69) is 11.6 Å². The van der Waals surface area contributed by atoms with Gasteiger partial charge in [0, 0.05) is 34.4 Å². The number of nitrogens with zero attached hydrogens (tertiary/aromatic N) is 2. The van der Waals surface area contributed by atoms with Crippen molar-refractivity contribution in [1.82, 2.24) is 9.55 Å². The highest BCUT2D eigenvalue weighted by atomic mass is 16.2. The number of ketones is 2. The Morgan fingerprint density at radius 2 is 1.90 bits per heavy atom. The lowest BCUT2D eigenvalue weighted by molar-refractivity contribution is 0.0843. The highest BCUT2D eigenvalue weighted by molar-refractivity contribution is 6.19. The second kappa shape index (κ2) is 7.49. The van der Waals surface area contributed by atoms with Crippen molar-refractivity contribution >= 4 is 33.2 Å². The van der Waals surface area contributed by atoms with E-state index in [1.54, 1.807) is 18.2 Å². The molecular formula is C25H21N3O2. The third-order valence-corrected chi connectivity index (χ3v) is 5.60. The number of Topliss-reactive ketones (excluding diaryl/α,β-unsaturated/α-hetero) is 2. The molecule has 0 saturated carbocycles. The van der Waals surface area contributed by atoms with Crippen LogP contribution in [0.2, 0.25) is 0 Å². The molecule has 0 radical (unpaired) electrons. The maximum absolute atomic E-state index is 13.1. The number of carbonyl (C=O) groups is 2. The molecule has 2 heterocycles. The first-order chi connectivity index (χ1) is 14.5. The number of H-pyrrole nitrogens is 1. The molecule has 148 valence electrons. The van der Waals surface area contributed by atoms with Gasteiger partial charge in [-0.1, -0.05) is 36.4 Å². The van der Waals surface area contributed by atoms with Crippen molar-refractivity contribution in [3.63, 3.8) is 0 Å². The average Bonchev–Trinajstić information content (AvgIpc) is 3.31. The van der Waals surface area contributed by atoms with E-state index in [4.69, 9.17) is 0 Å². The van der Waals surface area contributed by atoms with E-state index in [0.717, 1.165) is 33.1 Å². The Morgan fingerprint density at radius 1 is 1.13 bits per heavy atom. The van der Waals surface area contributed by atoms with E-state index in [-0.39, 0.29) is 5.69 Å². The molecule has 4 rings (SSSR count). The summed E-state index contributed by atoms with van der Waals surface area (Å²) in [5.41, 5.74) is 3.08. The molecule has 2 aromatic carbocycles. The second-order valence-electron chi connectivity index (χ2n) is 7.41. The maximum Gasteiger partial charge on any atom is 0.204 e. The number of aromatic amines is 1. The van der Waals surface area contributed by atoms with Gasteiger partial charge in [-0.25, -0.2) is 0 Å². The summed E-state index contributed by atoms with van der Waals surface area (Å²) in [4.78, 5) is 29.3. The Kier molecular flexibility index (Phi) is 4.85. The van der Waals surface area contributed by atoms with Crippen molar-refractivity contribution in [2.75, 3.05) is 0 Å². The number of nitriles is 1. The van der Waals surface area contributed by atoms with Crippen molar-refractivity contribution < 1.29 is 9.59 Å². The summed E-state index contributed by atoms with van der Waals surface area (Å²) >= 11 is 0. The zero-order valence-corrected chi connectivity index (χ0v) is 16.9. The largest absolute Gasteiger partial charge is 0.352 e. The monoisotopic (exact) mass is 395 g/mol. The van der Waals surface area contributed by atoms with Gasteiger partial charge in [-0.3, -0.25) is 9.59 Å². The van der Waals surface area contributed by atoms with E-state index in [9.17, 15) is 14.9 Å². The molecule has 4 aromatic rings. The van der Waals surface area contributed by atoms with Crippen molar-refractivity contribution in [3.05, 3.63) is 83.8 Å². The van der Waals surface area contributed by atoms with E-state index < -0.39 is 17.5 Å². The first-order valence-electron chi connectivity index (χ1n) is 9.72. The Hall–Kier alpha value is -3.91. The molecule has 0 fully saturated rings. The quantitative estimate of drug-likeness (QED) is 0.279. The number of hydrogen-bond donors (Lipinski definition) is 1. The van der Waals surface area contributed by atoms with Crippen LogP contribution in [-0.4, -0.2) is 21.1 Å². The zero-order chi connectivity index (χ0) is 21.4. The van der Waals surface area contributed by atoms with Crippen LogP contribution in [0.15, 0.2) is 61.2 Å². The molecule has 1 atom stereocenters. The van der Waals surface area contributed by atoms with Gasteiger partial charge in [0.05, 0.1) is 11.8 Å². The Balaban J connectivity index is 1.74. The number of carbonyl (C=O) groups excluding carboxylic acids is 2. The molecule has 0 bridgehead atoms. The van der Waals surface area contributed by atoms with Crippen molar-refractivity contribution in [2.24, 2.45) is 5.92 Å². The molecule has 1 unspecified atom stereocenters. The molecule has 0 aliphatic rings. The minimum Gasteiger partial charge on any atom is -0.352 e. The van der Waals surface area contributed by atoms with Crippen LogP contribution < -0.4 is 0 Å². The molecule has 30 heavy (non-hydrogen) atoms. The SMILES string of the molecule is C=CCn1c(C)cc(C(=O)C(C#N)C(=O)c2cc3c(ccc4ccccc43)[nH]2)c1C. The van der Waals surface area contributed by atoms with Gasteiger partial charge in [0.1, 0.15) is 0 Å². The van der Waals surface area contributed by atoms with E-state index >= 15 is 0 Å². The lowest BCUT2D eigenvalue weighted by Crippen LogP contribution is -2.23. The summed E-state index contributed by atoms with van der Waals surface area (Å²) in [6, 6.07) is 17.2. The Labute approximate surface area is 174 Å². The van der Waals surface area contributed by atoms with Crippen molar-refractivity contribution in [3.8, 4) is 6.07 Å². The highest BCUT2D eigenvalue weighted by Crippen LogP contribution is 2.28. The number of aryl methyl sites for hydroxylation is 1. The molecular weight excluding hydrogens is 374 g/mol. The Bertz CT molecular complexity index is 1360. The minimum absolute atomic E-state index is 0.265. The van der Waals surface area contributed by atoms with E-state index in [1.165, 1.54) is 0 Å². The second-order valence-corrected chi connectivity index (χ2v) is 7.41. The van der Waals surface area contributed by atoms with Crippen molar-refractivity contribution in [1.29, 1.82) is 5.26 Å². The molecule has 1 N–H and O–H groups in total. The molecule has 0 amide bonds. The molecule has 0 aliphatic carbocycles. The number of rotatable bonds is 6. The first kappa shape index (κ1) is 19.4. The predicted octanol–water partition coefficient (Wildman–Crippen LogP) is 5.13. The summed E-state index contributed by atoms with van der Waals surface area (Å²) in [6.07, 6.45) is 1.75. The van der Waals surface area contributed by atoms with Gasteiger partial charge in [0.15, 0.2) is 11.7 Å². The summed E-state index contributed by atoms with van der Waals surface area (Å²) in [5.74, 6) is -2.40. The normalized spacial score (nSPS) is 12.0. The maximum atomic E-state index is 13.1. The van der Waals surface area contributed by atoms with E-state index in [0.29, 0.717) is 12.1 Å². The molecule has 2 aromatic heterocycles. The van der Waals surface area contributed by atoms with Gasteiger partial charge in [-0.15, -0.1) is 6.58 Å². The lowest BCUT2D eigenvalue weighted by atomic mass is 9.93. The number of fused-ring (bicyclic) bond motifs is 3. The number of allylic oxidation sites excluding steroid dienone is 1. The van der Waals surface area contributed by atoms with Crippen LogP contribution in [0.3, 0.4) is 0 Å². The molecule has 5 heteroatoms. The number of aromatic nitrogens is 2. The zero-order valence-electron chi connectivity index (χ0n) is 16.9. The highest BCUT2D eigenvalue weighted by Gasteiger charge is 2.31. The summed E-state index contributed by atoms with van der Waals surface area (Å²) in [7, 11) is 0. The van der Waals surface area contributed by atoms with Gasteiger partial charge in [0.2, 0.25) is 5.78 Å². The standard InChI is InChI=1S/C25H21N3O2/c1-4-11-28-15(2)12-19(16(28)3)24(29)21(14-26)25(30)23-13-20-18-8-6-5-7-17(18)9-10-22(20)27-23/h4-10,12-13,21,27H,1,11H2,2-3H3. The van der Waals surface area contributed by atoms with Crippen LogP contribution in [-0.2, 0) is 6.54 Å². The minimum atomic E-state index is -1.40. The fourth-order valence-electron chi connectivity index (χ4n) is 4.03. The Morgan fingerprint density at radius 3 is 2.63 bits per heavy atom. The van der Waals surface area contributed by atoms with Crippen LogP contribution in [0, 0.1) is 31.1 Å². The lowest BCUT2D eigenvalue weighted by Gasteiger charge is -2.08. The van der Waals surface area contributed by atoms with Gasteiger partial charge >= 0.3 is 0 Å².